The van der Waals surface area contributed by atoms with E-state index < -0.39 is 11.7 Å². The highest BCUT2D eigenvalue weighted by atomic mass is 35.5. The number of aromatic amines is 1. The maximum Gasteiger partial charge on any atom is 0.417 e. The molecule has 1 aliphatic rings. The Morgan fingerprint density at radius 3 is 2.45 bits per heavy atom. The average Bonchev–Trinajstić information content (AvgIpc) is 3.51. The zero-order chi connectivity index (χ0) is 21.8. The van der Waals surface area contributed by atoms with E-state index in [1.807, 2.05) is 30.3 Å². The van der Waals surface area contributed by atoms with Crippen LogP contribution in [0.3, 0.4) is 0 Å². The monoisotopic (exact) mass is 438 g/mol. The topological polar surface area (TPSA) is 65.4 Å². The minimum absolute atomic E-state index is 0.147. The average molecular weight is 439 g/mol. The van der Waals surface area contributed by atoms with Gasteiger partial charge in [0, 0.05) is 11.1 Å². The third-order valence-corrected chi connectivity index (χ3v) is 5.78. The van der Waals surface area contributed by atoms with E-state index in [2.05, 4.69) is 21.3 Å². The molecular formula is C23H14ClF3N4. The molecule has 0 atom stereocenters. The summed E-state index contributed by atoms with van der Waals surface area (Å²) in [5.74, 6) is 0.147. The van der Waals surface area contributed by atoms with Gasteiger partial charge in [-0.25, -0.2) is 4.98 Å². The standard InChI is InChI=1S/C23H14ClF3N4/c24-17-9-8-14(10-16(17)23(25,26)27)21-19-18(12-6-7-12)15(11-28)20(29-22(19)31-30-21)13-4-2-1-3-5-13/h1-5,8-10,12H,6-7H2,(H,29,30,31). The van der Waals surface area contributed by atoms with E-state index >= 15 is 0 Å². The van der Waals surface area contributed by atoms with Gasteiger partial charge in [-0.3, -0.25) is 5.10 Å². The van der Waals surface area contributed by atoms with E-state index in [1.165, 1.54) is 12.1 Å². The van der Waals surface area contributed by atoms with Gasteiger partial charge in [0.15, 0.2) is 5.65 Å². The number of fused-ring (bicyclic) bond motifs is 1. The molecular weight excluding hydrogens is 425 g/mol. The number of halogens is 4. The molecule has 1 N–H and O–H groups in total. The van der Waals surface area contributed by atoms with Crippen molar-refractivity contribution in [3.05, 3.63) is 70.2 Å². The lowest BCUT2D eigenvalue weighted by atomic mass is 9.93. The van der Waals surface area contributed by atoms with Crippen molar-refractivity contribution < 1.29 is 13.2 Å². The molecule has 0 saturated heterocycles. The summed E-state index contributed by atoms with van der Waals surface area (Å²) in [4.78, 5) is 4.61. The molecule has 4 nitrogen and oxygen atoms in total. The number of rotatable bonds is 3. The lowest BCUT2D eigenvalue weighted by molar-refractivity contribution is -0.137. The fraction of sp³-hybridized carbons (Fsp3) is 0.174. The lowest BCUT2D eigenvalue weighted by Crippen LogP contribution is -2.06. The van der Waals surface area contributed by atoms with Crippen molar-refractivity contribution in [2.45, 2.75) is 24.9 Å². The number of nitrogens with one attached hydrogen (secondary N) is 1. The lowest BCUT2D eigenvalue weighted by Gasteiger charge is -2.13. The van der Waals surface area contributed by atoms with Crippen LogP contribution in [0.15, 0.2) is 48.5 Å². The molecule has 31 heavy (non-hydrogen) atoms. The summed E-state index contributed by atoms with van der Waals surface area (Å²) in [6, 6.07) is 15.4. The second kappa shape index (κ2) is 7.10. The van der Waals surface area contributed by atoms with Crippen LogP contribution in [0.2, 0.25) is 5.02 Å². The van der Waals surface area contributed by atoms with E-state index in [0.29, 0.717) is 33.5 Å². The van der Waals surface area contributed by atoms with Gasteiger partial charge in [0.05, 0.1) is 32.9 Å². The van der Waals surface area contributed by atoms with Crippen molar-refractivity contribution >= 4 is 22.6 Å². The van der Waals surface area contributed by atoms with Gasteiger partial charge in [0.1, 0.15) is 6.07 Å². The molecule has 2 aromatic carbocycles. The first-order chi connectivity index (χ1) is 14.9. The Labute approximate surface area is 180 Å². The molecule has 154 valence electrons. The van der Waals surface area contributed by atoms with E-state index in [0.717, 1.165) is 30.0 Å². The Morgan fingerprint density at radius 1 is 1.06 bits per heavy atom. The van der Waals surface area contributed by atoms with Crippen molar-refractivity contribution in [2.24, 2.45) is 0 Å². The Kier molecular flexibility index (Phi) is 4.49. The predicted molar refractivity (Wildman–Crippen MR) is 111 cm³/mol. The summed E-state index contributed by atoms with van der Waals surface area (Å²) in [6.07, 6.45) is -2.78. The maximum absolute atomic E-state index is 13.4. The number of nitrogens with zero attached hydrogens (tertiary/aromatic N) is 3. The minimum Gasteiger partial charge on any atom is -0.275 e. The molecule has 0 amide bonds. The second-order valence-electron chi connectivity index (χ2n) is 7.49. The first kappa shape index (κ1) is 19.6. The number of alkyl halides is 3. The van der Waals surface area contributed by atoms with Gasteiger partial charge < -0.3 is 0 Å². The molecule has 0 unspecified atom stereocenters. The molecule has 8 heteroatoms. The Balaban J connectivity index is 1.80. The highest BCUT2D eigenvalue weighted by Gasteiger charge is 2.35. The first-order valence-corrected chi connectivity index (χ1v) is 10.0. The zero-order valence-electron chi connectivity index (χ0n) is 16.0. The third-order valence-electron chi connectivity index (χ3n) is 5.45. The molecule has 0 spiro atoms. The Hall–Kier alpha value is -3.37. The van der Waals surface area contributed by atoms with Crippen LogP contribution in [0.4, 0.5) is 13.2 Å². The van der Waals surface area contributed by atoms with Gasteiger partial charge in [0.2, 0.25) is 0 Å². The van der Waals surface area contributed by atoms with Crippen molar-refractivity contribution in [3.8, 4) is 28.6 Å². The number of pyridine rings is 1. The molecule has 4 aromatic rings. The fourth-order valence-electron chi connectivity index (χ4n) is 3.89. The summed E-state index contributed by atoms with van der Waals surface area (Å²) in [5.41, 5.74) is 2.70. The highest BCUT2D eigenvalue weighted by molar-refractivity contribution is 6.31. The summed E-state index contributed by atoms with van der Waals surface area (Å²) in [7, 11) is 0. The number of benzene rings is 2. The smallest absolute Gasteiger partial charge is 0.275 e. The van der Waals surface area contributed by atoms with Gasteiger partial charge in [-0.15, -0.1) is 0 Å². The van der Waals surface area contributed by atoms with Gasteiger partial charge in [-0.05, 0) is 36.5 Å². The molecule has 2 aromatic heterocycles. The van der Waals surface area contributed by atoms with Crippen molar-refractivity contribution in [3.63, 3.8) is 0 Å². The SMILES string of the molecule is N#Cc1c(-c2ccccc2)nc2n[nH]c(-c3ccc(Cl)c(C(F)(F)F)c3)c2c1C1CC1. The van der Waals surface area contributed by atoms with Crippen molar-refractivity contribution in [1.82, 2.24) is 15.2 Å². The number of nitriles is 1. The first-order valence-electron chi connectivity index (χ1n) is 9.63. The molecule has 5 rings (SSSR count). The van der Waals surface area contributed by atoms with Crippen molar-refractivity contribution in [1.29, 1.82) is 5.26 Å². The van der Waals surface area contributed by atoms with Crippen LogP contribution < -0.4 is 0 Å². The largest absolute Gasteiger partial charge is 0.417 e. The summed E-state index contributed by atoms with van der Waals surface area (Å²) >= 11 is 5.79. The maximum atomic E-state index is 13.4. The number of H-pyrrole nitrogens is 1. The second-order valence-corrected chi connectivity index (χ2v) is 7.90. The normalized spacial score (nSPS) is 14.0. The molecule has 0 bridgehead atoms. The molecule has 2 heterocycles. The van der Waals surface area contributed by atoms with Crippen LogP contribution >= 0.6 is 11.6 Å². The van der Waals surface area contributed by atoms with E-state index in [4.69, 9.17) is 11.6 Å². The van der Waals surface area contributed by atoms with Crippen LogP contribution in [0.1, 0.15) is 35.4 Å². The van der Waals surface area contributed by atoms with Gasteiger partial charge in [0.25, 0.3) is 0 Å². The fourth-order valence-corrected chi connectivity index (χ4v) is 4.11. The van der Waals surface area contributed by atoms with E-state index in [-0.39, 0.29) is 10.9 Å². The summed E-state index contributed by atoms with van der Waals surface area (Å²) < 4.78 is 40.2. The quantitative estimate of drug-likeness (QED) is 0.386. The number of hydrogen-bond acceptors (Lipinski definition) is 3. The van der Waals surface area contributed by atoms with Gasteiger partial charge in [-0.1, -0.05) is 48.0 Å². The van der Waals surface area contributed by atoms with Crippen LogP contribution in [-0.4, -0.2) is 15.2 Å². The molecule has 0 aliphatic heterocycles. The van der Waals surface area contributed by atoms with Gasteiger partial charge in [-0.2, -0.15) is 23.5 Å². The summed E-state index contributed by atoms with van der Waals surface area (Å²) in [5, 5.41) is 17.3. The van der Waals surface area contributed by atoms with Gasteiger partial charge >= 0.3 is 6.18 Å². The molecule has 0 radical (unpaired) electrons. The minimum atomic E-state index is -4.58. The Bertz CT molecular complexity index is 1350. The van der Waals surface area contributed by atoms with Crippen LogP contribution in [0.25, 0.3) is 33.5 Å². The van der Waals surface area contributed by atoms with E-state index in [9.17, 15) is 18.4 Å². The zero-order valence-corrected chi connectivity index (χ0v) is 16.7. The molecule has 1 saturated carbocycles. The van der Waals surface area contributed by atoms with E-state index in [1.54, 1.807) is 0 Å². The number of aromatic nitrogens is 3. The van der Waals surface area contributed by atoms with Crippen LogP contribution in [-0.2, 0) is 6.18 Å². The Morgan fingerprint density at radius 2 is 1.81 bits per heavy atom. The molecule has 1 fully saturated rings. The third kappa shape index (κ3) is 3.33. The predicted octanol–water partition coefficient (Wildman–Crippen LogP) is 6.71. The number of hydrogen-bond donors (Lipinski definition) is 1. The molecule has 1 aliphatic carbocycles. The summed E-state index contributed by atoms with van der Waals surface area (Å²) in [6.45, 7) is 0. The van der Waals surface area contributed by atoms with Crippen molar-refractivity contribution in [2.75, 3.05) is 0 Å². The van der Waals surface area contributed by atoms with Crippen LogP contribution in [0.5, 0.6) is 0 Å². The van der Waals surface area contributed by atoms with Crippen LogP contribution in [0, 0.1) is 11.3 Å². The highest BCUT2D eigenvalue weighted by Crippen LogP contribution is 2.48.